The van der Waals surface area contributed by atoms with Crippen LogP contribution in [0.15, 0.2) is 41.0 Å². The van der Waals surface area contributed by atoms with Gasteiger partial charge in [0.1, 0.15) is 5.65 Å². The third-order valence-electron chi connectivity index (χ3n) is 3.58. The summed E-state index contributed by atoms with van der Waals surface area (Å²) in [5.41, 5.74) is 4.14. The van der Waals surface area contributed by atoms with E-state index in [0.717, 1.165) is 26.8 Å². The van der Waals surface area contributed by atoms with Crippen LogP contribution in [0.2, 0.25) is 0 Å². The molecule has 0 atom stereocenters. The highest BCUT2D eigenvalue weighted by atomic mass is 79.9. The molecule has 4 rings (SSSR count). The van der Waals surface area contributed by atoms with E-state index in [4.69, 9.17) is 0 Å². The standard InChI is InChI=1S/C14H12BrN3O/c15-9-1-2-13-12(5-9)16-14-6-10(3-4-18(13)14)17-7-11(19)8-17/h1-6,11,19H,7-8H2. The number of pyridine rings is 1. The molecule has 0 amide bonds. The van der Waals surface area contributed by atoms with Crippen molar-refractivity contribution in [1.29, 1.82) is 0 Å². The predicted molar refractivity (Wildman–Crippen MR) is 78.6 cm³/mol. The van der Waals surface area contributed by atoms with Gasteiger partial charge in [-0.3, -0.25) is 4.40 Å². The first-order chi connectivity index (χ1) is 9.20. The number of anilines is 1. The SMILES string of the molecule is OC1CN(c2ccn3c(c2)nc2cc(Br)ccc23)C1. The summed E-state index contributed by atoms with van der Waals surface area (Å²) in [6.07, 6.45) is 1.85. The molecule has 0 unspecified atom stereocenters. The molecular formula is C14H12BrN3O. The van der Waals surface area contributed by atoms with E-state index in [1.807, 2.05) is 18.3 Å². The number of aromatic nitrogens is 2. The number of benzene rings is 1. The van der Waals surface area contributed by atoms with E-state index >= 15 is 0 Å². The summed E-state index contributed by atoms with van der Waals surface area (Å²) >= 11 is 3.47. The third kappa shape index (κ3) is 1.73. The smallest absolute Gasteiger partial charge is 0.139 e. The van der Waals surface area contributed by atoms with Gasteiger partial charge in [-0.2, -0.15) is 0 Å². The number of hydrogen-bond acceptors (Lipinski definition) is 3. The Morgan fingerprint density at radius 1 is 1.21 bits per heavy atom. The van der Waals surface area contributed by atoms with Crippen molar-refractivity contribution >= 4 is 38.3 Å². The molecule has 2 aromatic heterocycles. The van der Waals surface area contributed by atoms with E-state index < -0.39 is 0 Å². The lowest BCUT2D eigenvalue weighted by Crippen LogP contribution is -2.50. The first-order valence-electron chi connectivity index (χ1n) is 6.21. The Morgan fingerprint density at radius 2 is 2.05 bits per heavy atom. The Morgan fingerprint density at radius 3 is 2.84 bits per heavy atom. The van der Waals surface area contributed by atoms with Crippen LogP contribution in [0.3, 0.4) is 0 Å². The van der Waals surface area contributed by atoms with E-state index in [1.54, 1.807) is 0 Å². The van der Waals surface area contributed by atoms with Gasteiger partial charge < -0.3 is 10.0 Å². The minimum Gasteiger partial charge on any atom is -0.389 e. The van der Waals surface area contributed by atoms with Gasteiger partial charge in [0, 0.05) is 35.5 Å². The molecule has 1 saturated heterocycles. The van der Waals surface area contributed by atoms with Gasteiger partial charge in [0.2, 0.25) is 0 Å². The lowest BCUT2D eigenvalue weighted by molar-refractivity contribution is 0.142. The van der Waals surface area contributed by atoms with Crippen molar-refractivity contribution in [2.75, 3.05) is 18.0 Å². The van der Waals surface area contributed by atoms with Crippen molar-refractivity contribution in [3.05, 3.63) is 41.0 Å². The second-order valence-corrected chi connectivity index (χ2v) is 5.83. The van der Waals surface area contributed by atoms with Crippen molar-refractivity contribution < 1.29 is 5.11 Å². The first-order valence-corrected chi connectivity index (χ1v) is 7.00. The molecule has 3 heterocycles. The second kappa shape index (κ2) is 3.95. The monoisotopic (exact) mass is 317 g/mol. The van der Waals surface area contributed by atoms with Crippen LogP contribution < -0.4 is 4.90 Å². The summed E-state index contributed by atoms with van der Waals surface area (Å²) in [4.78, 5) is 6.79. The number of fused-ring (bicyclic) bond motifs is 3. The highest BCUT2D eigenvalue weighted by Gasteiger charge is 2.24. The van der Waals surface area contributed by atoms with E-state index in [-0.39, 0.29) is 6.10 Å². The summed E-state index contributed by atoms with van der Waals surface area (Å²) in [6, 6.07) is 10.2. The molecule has 19 heavy (non-hydrogen) atoms. The van der Waals surface area contributed by atoms with E-state index in [9.17, 15) is 5.11 Å². The van der Waals surface area contributed by atoms with Gasteiger partial charge in [-0.15, -0.1) is 0 Å². The Bertz CT molecular complexity index is 777. The van der Waals surface area contributed by atoms with E-state index in [2.05, 4.69) is 48.4 Å². The highest BCUT2D eigenvalue weighted by Crippen LogP contribution is 2.26. The van der Waals surface area contributed by atoms with Crippen LogP contribution in [0.25, 0.3) is 16.7 Å². The number of nitrogens with zero attached hydrogens (tertiary/aromatic N) is 3. The maximum absolute atomic E-state index is 9.37. The van der Waals surface area contributed by atoms with Crippen LogP contribution in [0, 0.1) is 0 Å². The highest BCUT2D eigenvalue weighted by molar-refractivity contribution is 9.10. The Hall–Kier alpha value is -1.59. The minimum absolute atomic E-state index is 0.189. The summed E-state index contributed by atoms with van der Waals surface area (Å²) in [5, 5.41) is 9.37. The lowest BCUT2D eigenvalue weighted by atomic mass is 10.1. The number of aliphatic hydroxyl groups is 1. The maximum atomic E-state index is 9.37. The van der Waals surface area contributed by atoms with Crippen LogP contribution in [0.1, 0.15) is 0 Å². The fourth-order valence-corrected chi connectivity index (χ4v) is 2.89. The van der Waals surface area contributed by atoms with Gasteiger partial charge in [0.25, 0.3) is 0 Å². The largest absolute Gasteiger partial charge is 0.389 e. The zero-order valence-corrected chi connectivity index (χ0v) is 11.7. The Balaban J connectivity index is 1.87. The van der Waals surface area contributed by atoms with E-state index in [0.29, 0.717) is 13.1 Å². The van der Waals surface area contributed by atoms with Crippen LogP contribution in [0.4, 0.5) is 5.69 Å². The van der Waals surface area contributed by atoms with Crippen molar-refractivity contribution in [2.45, 2.75) is 6.10 Å². The molecule has 0 radical (unpaired) electrons. The molecule has 1 fully saturated rings. The van der Waals surface area contributed by atoms with Crippen LogP contribution >= 0.6 is 15.9 Å². The average molecular weight is 318 g/mol. The average Bonchev–Trinajstić information content (AvgIpc) is 2.71. The van der Waals surface area contributed by atoms with Gasteiger partial charge in [0.05, 0.1) is 17.1 Å². The van der Waals surface area contributed by atoms with E-state index in [1.165, 1.54) is 0 Å². The normalized spacial score (nSPS) is 16.2. The van der Waals surface area contributed by atoms with Crippen molar-refractivity contribution in [1.82, 2.24) is 9.38 Å². The van der Waals surface area contributed by atoms with Gasteiger partial charge in [-0.25, -0.2) is 4.98 Å². The molecule has 3 aromatic rings. The quantitative estimate of drug-likeness (QED) is 0.749. The molecule has 1 aliphatic heterocycles. The number of imidazole rings is 1. The Labute approximate surface area is 118 Å². The third-order valence-corrected chi connectivity index (χ3v) is 4.07. The fraction of sp³-hybridized carbons (Fsp3) is 0.214. The predicted octanol–water partition coefficient (Wildman–Crippen LogP) is 2.43. The van der Waals surface area contributed by atoms with Crippen molar-refractivity contribution in [3.8, 4) is 0 Å². The number of aliphatic hydroxyl groups excluding tert-OH is 1. The minimum atomic E-state index is -0.189. The second-order valence-electron chi connectivity index (χ2n) is 4.92. The van der Waals surface area contributed by atoms with Crippen LogP contribution in [-0.2, 0) is 0 Å². The van der Waals surface area contributed by atoms with Gasteiger partial charge >= 0.3 is 0 Å². The number of halogens is 1. The number of β-amino-alcohol motifs (C(OH)–C–C–N with tert-alkyl or cyclic N) is 1. The molecule has 1 N–H and O–H groups in total. The van der Waals surface area contributed by atoms with Gasteiger partial charge in [-0.05, 0) is 24.3 Å². The van der Waals surface area contributed by atoms with Crippen molar-refractivity contribution in [2.24, 2.45) is 0 Å². The molecule has 0 saturated carbocycles. The summed E-state index contributed by atoms with van der Waals surface area (Å²) in [5.74, 6) is 0. The van der Waals surface area contributed by atoms with Crippen molar-refractivity contribution in [3.63, 3.8) is 0 Å². The zero-order valence-electron chi connectivity index (χ0n) is 10.1. The Kier molecular flexibility index (Phi) is 2.34. The molecule has 0 aliphatic carbocycles. The molecule has 1 aliphatic rings. The summed E-state index contributed by atoms with van der Waals surface area (Å²) in [7, 11) is 0. The lowest BCUT2D eigenvalue weighted by Gasteiger charge is -2.37. The summed E-state index contributed by atoms with van der Waals surface area (Å²) in [6.45, 7) is 1.42. The van der Waals surface area contributed by atoms with Crippen LogP contribution in [-0.4, -0.2) is 33.7 Å². The maximum Gasteiger partial charge on any atom is 0.139 e. The van der Waals surface area contributed by atoms with Gasteiger partial charge in [0.15, 0.2) is 0 Å². The topological polar surface area (TPSA) is 40.8 Å². The zero-order chi connectivity index (χ0) is 13.0. The van der Waals surface area contributed by atoms with Gasteiger partial charge in [-0.1, -0.05) is 15.9 Å². The molecule has 0 bridgehead atoms. The molecule has 4 nitrogen and oxygen atoms in total. The molecule has 96 valence electrons. The number of rotatable bonds is 1. The van der Waals surface area contributed by atoms with Crippen LogP contribution in [0.5, 0.6) is 0 Å². The molecule has 0 spiro atoms. The molecular weight excluding hydrogens is 306 g/mol. The molecule has 5 heteroatoms. The molecule has 1 aromatic carbocycles. The fourth-order valence-electron chi connectivity index (χ4n) is 2.54. The first kappa shape index (κ1) is 11.3. The number of hydrogen-bond donors (Lipinski definition) is 1. The summed E-state index contributed by atoms with van der Waals surface area (Å²) < 4.78 is 3.12.